The van der Waals surface area contributed by atoms with E-state index in [0.717, 1.165) is 5.56 Å². The molecule has 3 rings (SSSR count). The van der Waals surface area contributed by atoms with Crippen LogP contribution in [0.5, 0.6) is 11.5 Å². The first kappa shape index (κ1) is 19.6. The number of aliphatic carboxylic acids is 1. The van der Waals surface area contributed by atoms with Crippen LogP contribution in [-0.2, 0) is 11.2 Å². The van der Waals surface area contributed by atoms with Crippen molar-refractivity contribution in [2.45, 2.75) is 13.3 Å². The standard InChI is InChI=1S/C21H17ClFNO4/c1-12-9-17(28-11-18(26)27)20(23)19(22)15(12)10-14-7-8-16(25)21(24-14)13-5-3-2-4-6-13/h2-9,25H,10-11H2,1H3,(H,26,27). The molecule has 28 heavy (non-hydrogen) atoms. The van der Waals surface area contributed by atoms with E-state index in [1.54, 1.807) is 13.0 Å². The summed E-state index contributed by atoms with van der Waals surface area (Å²) in [6.07, 6.45) is 0.237. The molecule has 0 bridgehead atoms. The van der Waals surface area contributed by atoms with Crippen LogP contribution in [0.1, 0.15) is 16.8 Å². The Labute approximate surface area is 166 Å². The van der Waals surface area contributed by atoms with Crippen LogP contribution in [0.25, 0.3) is 11.3 Å². The Hall–Kier alpha value is -3.12. The van der Waals surface area contributed by atoms with Gasteiger partial charge in [-0.15, -0.1) is 0 Å². The lowest BCUT2D eigenvalue weighted by molar-refractivity contribution is -0.139. The fraction of sp³-hybridized carbons (Fsp3) is 0.143. The van der Waals surface area contributed by atoms with Gasteiger partial charge in [0.05, 0.1) is 5.02 Å². The van der Waals surface area contributed by atoms with Crippen molar-refractivity contribution in [2.24, 2.45) is 0 Å². The largest absolute Gasteiger partial charge is 0.506 e. The van der Waals surface area contributed by atoms with Crippen LogP contribution >= 0.6 is 11.6 Å². The van der Waals surface area contributed by atoms with Crippen LogP contribution in [0.4, 0.5) is 4.39 Å². The highest BCUT2D eigenvalue weighted by Crippen LogP contribution is 2.34. The molecule has 0 fully saturated rings. The first-order valence-electron chi connectivity index (χ1n) is 8.43. The number of pyridine rings is 1. The highest BCUT2D eigenvalue weighted by atomic mass is 35.5. The Morgan fingerprint density at radius 1 is 1.21 bits per heavy atom. The monoisotopic (exact) mass is 401 g/mol. The average Bonchev–Trinajstić information content (AvgIpc) is 2.68. The lowest BCUT2D eigenvalue weighted by atomic mass is 10.0. The van der Waals surface area contributed by atoms with Gasteiger partial charge in [0.1, 0.15) is 11.4 Å². The van der Waals surface area contributed by atoms with Crippen molar-refractivity contribution in [1.82, 2.24) is 4.98 Å². The highest BCUT2D eigenvalue weighted by molar-refractivity contribution is 6.31. The number of aryl methyl sites for hydroxylation is 1. The van der Waals surface area contributed by atoms with Gasteiger partial charge in [0.25, 0.3) is 0 Å². The molecule has 0 amide bonds. The van der Waals surface area contributed by atoms with E-state index in [-0.39, 0.29) is 22.9 Å². The van der Waals surface area contributed by atoms with Gasteiger partial charge in [-0.3, -0.25) is 0 Å². The summed E-state index contributed by atoms with van der Waals surface area (Å²) in [6, 6.07) is 13.8. The van der Waals surface area contributed by atoms with Gasteiger partial charge < -0.3 is 14.9 Å². The van der Waals surface area contributed by atoms with Crippen LogP contribution < -0.4 is 4.74 Å². The lowest BCUT2D eigenvalue weighted by Crippen LogP contribution is -2.11. The Kier molecular flexibility index (Phi) is 5.80. The Balaban J connectivity index is 1.94. The van der Waals surface area contributed by atoms with Gasteiger partial charge in [-0.1, -0.05) is 41.9 Å². The van der Waals surface area contributed by atoms with Crippen molar-refractivity contribution < 1.29 is 24.1 Å². The predicted octanol–water partition coefficient (Wildman–Crippen LogP) is 4.61. The molecular formula is C21H17ClFNO4. The number of nitrogens with zero attached hydrogens (tertiary/aromatic N) is 1. The number of hydrogen-bond donors (Lipinski definition) is 2. The Morgan fingerprint density at radius 3 is 2.61 bits per heavy atom. The van der Waals surface area contributed by atoms with Gasteiger partial charge in [-0.05, 0) is 36.2 Å². The van der Waals surface area contributed by atoms with Crippen molar-refractivity contribution in [2.75, 3.05) is 6.61 Å². The first-order valence-corrected chi connectivity index (χ1v) is 8.81. The molecule has 7 heteroatoms. The van der Waals surface area contributed by atoms with Gasteiger partial charge in [-0.2, -0.15) is 0 Å². The van der Waals surface area contributed by atoms with Crippen molar-refractivity contribution in [1.29, 1.82) is 0 Å². The van der Waals surface area contributed by atoms with Crippen LogP contribution in [0.2, 0.25) is 5.02 Å². The number of hydrogen-bond acceptors (Lipinski definition) is 4. The first-order chi connectivity index (χ1) is 13.4. The second-order valence-corrected chi connectivity index (χ2v) is 6.57. The maximum absolute atomic E-state index is 14.5. The number of benzene rings is 2. The molecule has 5 nitrogen and oxygen atoms in total. The second kappa shape index (κ2) is 8.27. The minimum Gasteiger partial charge on any atom is -0.506 e. The fourth-order valence-electron chi connectivity index (χ4n) is 2.80. The number of rotatable bonds is 6. The molecule has 1 heterocycles. The Bertz CT molecular complexity index is 1020. The molecule has 0 atom stereocenters. The molecule has 3 aromatic rings. The zero-order valence-corrected chi connectivity index (χ0v) is 15.7. The third-order valence-corrected chi connectivity index (χ3v) is 4.58. The number of carboxylic acid groups (broad SMARTS) is 1. The van der Waals surface area contributed by atoms with Gasteiger partial charge in [0.15, 0.2) is 18.2 Å². The summed E-state index contributed by atoms with van der Waals surface area (Å²) in [7, 11) is 0. The fourth-order valence-corrected chi connectivity index (χ4v) is 3.11. The van der Waals surface area contributed by atoms with E-state index in [1.165, 1.54) is 12.1 Å². The lowest BCUT2D eigenvalue weighted by Gasteiger charge is -2.14. The molecule has 0 saturated heterocycles. The topological polar surface area (TPSA) is 79.7 Å². The average molecular weight is 402 g/mol. The zero-order valence-electron chi connectivity index (χ0n) is 14.9. The molecule has 2 aromatic carbocycles. The summed E-state index contributed by atoms with van der Waals surface area (Å²) >= 11 is 6.18. The molecule has 0 unspecified atom stereocenters. The van der Waals surface area contributed by atoms with Crippen LogP contribution in [-0.4, -0.2) is 27.8 Å². The summed E-state index contributed by atoms with van der Waals surface area (Å²) in [6.45, 7) is 1.07. The normalized spacial score (nSPS) is 10.7. The second-order valence-electron chi connectivity index (χ2n) is 6.19. The summed E-state index contributed by atoms with van der Waals surface area (Å²) in [4.78, 5) is 15.1. The maximum atomic E-state index is 14.5. The van der Waals surface area contributed by atoms with Gasteiger partial charge >= 0.3 is 5.97 Å². The van der Waals surface area contributed by atoms with E-state index >= 15 is 0 Å². The molecule has 2 N–H and O–H groups in total. The molecule has 1 aromatic heterocycles. The smallest absolute Gasteiger partial charge is 0.341 e. The quantitative estimate of drug-likeness (QED) is 0.630. The zero-order chi connectivity index (χ0) is 20.3. The van der Waals surface area contributed by atoms with Crippen molar-refractivity contribution in [3.05, 3.63) is 76.2 Å². The summed E-state index contributed by atoms with van der Waals surface area (Å²) in [5.41, 5.74) is 2.93. The molecule has 0 aliphatic rings. The van der Waals surface area contributed by atoms with E-state index in [2.05, 4.69) is 4.98 Å². The van der Waals surface area contributed by atoms with Crippen LogP contribution in [0, 0.1) is 12.7 Å². The van der Waals surface area contributed by atoms with E-state index in [0.29, 0.717) is 22.5 Å². The van der Waals surface area contributed by atoms with Crippen molar-refractivity contribution in [3.8, 4) is 22.8 Å². The predicted molar refractivity (Wildman–Crippen MR) is 103 cm³/mol. The van der Waals surface area contributed by atoms with E-state index in [1.807, 2.05) is 30.3 Å². The van der Waals surface area contributed by atoms with E-state index in [9.17, 15) is 14.3 Å². The van der Waals surface area contributed by atoms with Gasteiger partial charge in [-0.25, -0.2) is 14.2 Å². The molecular weight excluding hydrogens is 385 g/mol. The molecule has 0 radical (unpaired) electrons. The molecule has 0 aliphatic heterocycles. The summed E-state index contributed by atoms with van der Waals surface area (Å²) in [5.74, 6) is -2.19. The third kappa shape index (κ3) is 4.23. The number of halogens is 2. The van der Waals surface area contributed by atoms with Gasteiger partial charge in [0.2, 0.25) is 0 Å². The summed E-state index contributed by atoms with van der Waals surface area (Å²) in [5, 5.41) is 18.7. The van der Waals surface area contributed by atoms with E-state index in [4.69, 9.17) is 21.4 Å². The van der Waals surface area contributed by atoms with Gasteiger partial charge in [0, 0.05) is 17.7 Å². The number of ether oxygens (including phenoxy) is 1. The van der Waals surface area contributed by atoms with Crippen LogP contribution in [0.3, 0.4) is 0 Å². The molecule has 0 spiro atoms. The Morgan fingerprint density at radius 2 is 1.93 bits per heavy atom. The van der Waals surface area contributed by atoms with Crippen LogP contribution in [0.15, 0.2) is 48.5 Å². The molecule has 144 valence electrons. The minimum atomic E-state index is -1.21. The number of carbonyl (C=O) groups is 1. The van der Waals surface area contributed by atoms with Crippen molar-refractivity contribution >= 4 is 17.6 Å². The maximum Gasteiger partial charge on any atom is 0.341 e. The van der Waals surface area contributed by atoms with E-state index < -0.39 is 18.4 Å². The molecule has 0 saturated carbocycles. The number of aromatic nitrogens is 1. The molecule has 0 aliphatic carbocycles. The summed E-state index contributed by atoms with van der Waals surface area (Å²) < 4.78 is 19.4. The van der Waals surface area contributed by atoms with Crippen molar-refractivity contribution in [3.63, 3.8) is 0 Å². The SMILES string of the molecule is Cc1cc(OCC(=O)O)c(F)c(Cl)c1Cc1ccc(O)c(-c2ccccc2)n1. The minimum absolute atomic E-state index is 0.0429. The number of aromatic hydroxyl groups is 1. The third-order valence-electron chi connectivity index (χ3n) is 4.19. The number of carboxylic acids is 1. The highest BCUT2D eigenvalue weighted by Gasteiger charge is 2.18.